The Hall–Kier alpha value is -1.59. The second-order valence-corrected chi connectivity index (χ2v) is 6.42. The molecule has 1 atom stereocenters. The van der Waals surface area contributed by atoms with Gasteiger partial charge in [-0.05, 0) is 31.2 Å². The van der Waals surface area contributed by atoms with Crippen LogP contribution in [0.1, 0.15) is 13.3 Å². The van der Waals surface area contributed by atoms with Gasteiger partial charge in [0.2, 0.25) is 0 Å². The molecule has 1 aromatic carbocycles. The summed E-state index contributed by atoms with van der Waals surface area (Å²) in [6.07, 6.45) is 3.43. The molecule has 1 fully saturated rings. The van der Waals surface area contributed by atoms with Crippen LogP contribution in [-0.2, 0) is 4.79 Å². The molecule has 0 unspecified atom stereocenters. The minimum atomic E-state index is -1.02. The van der Waals surface area contributed by atoms with Crippen molar-refractivity contribution >= 4 is 29.2 Å². The summed E-state index contributed by atoms with van der Waals surface area (Å²) in [5, 5.41) is 4.01. The van der Waals surface area contributed by atoms with Crippen LogP contribution in [0.25, 0.3) is 5.69 Å². The molecule has 0 spiro atoms. The van der Waals surface area contributed by atoms with Crippen molar-refractivity contribution in [3.8, 4) is 11.4 Å². The molecule has 1 heterocycles. The van der Waals surface area contributed by atoms with Crippen LogP contribution in [0.3, 0.4) is 0 Å². The van der Waals surface area contributed by atoms with Crippen molar-refractivity contribution in [3.05, 3.63) is 36.9 Å². The third kappa shape index (κ3) is 2.17. The second-order valence-electron chi connectivity index (χ2n) is 4.94. The molecule has 7 heteroatoms. The SMILES string of the molecule is C[C@]1(C(=O)Oc2ccc(-n3cncn3)cc2)CC1(Cl)Cl. The Labute approximate surface area is 125 Å². The third-order valence-electron chi connectivity index (χ3n) is 3.44. The maximum Gasteiger partial charge on any atom is 0.320 e. The van der Waals surface area contributed by atoms with Gasteiger partial charge in [0.1, 0.15) is 28.2 Å². The van der Waals surface area contributed by atoms with Crippen LogP contribution >= 0.6 is 23.2 Å². The first-order valence-electron chi connectivity index (χ1n) is 5.98. The van der Waals surface area contributed by atoms with E-state index in [-0.39, 0.29) is 0 Å². The molecule has 3 rings (SSSR count). The van der Waals surface area contributed by atoms with Crippen LogP contribution in [0.4, 0.5) is 0 Å². The summed E-state index contributed by atoms with van der Waals surface area (Å²) in [5.41, 5.74) is -0.00954. The number of alkyl halides is 2. The topological polar surface area (TPSA) is 57.0 Å². The van der Waals surface area contributed by atoms with Crippen molar-refractivity contribution in [1.82, 2.24) is 14.8 Å². The lowest BCUT2D eigenvalue weighted by Gasteiger charge is -2.11. The maximum absolute atomic E-state index is 12.0. The molecule has 20 heavy (non-hydrogen) atoms. The quantitative estimate of drug-likeness (QED) is 0.497. The molecular weight excluding hydrogens is 301 g/mol. The van der Waals surface area contributed by atoms with E-state index in [2.05, 4.69) is 10.1 Å². The van der Waals surface area contributed by atoms with Gasteiger partial charge >= 0.3 is 5.97 Å². The third-order valence-corrected chi connectivity index (χ3v) is 4.54. The van der Waals surface area contributed by atoms with E-state index >= 15 is 0 Å². The van der Waals surface area contributed by atoms with Crippen LogP contribution in [0.2, 0.25) is 0 Å². The average molecular weight is 312 g/mol. The van der Waals surface area contributed by atoms with Gasteiger partial charge in [0.05, 0.1) is 5.69 Å². The summed E-state index contributed by atoms with van der Waals surface area (Å²) in [6.45, 7) is 1.69. The number of hydrogen-bond acceptors (Lipinski definition) is 4. The molecule has 1 aliphatic carbocycles. The summed E-state index contributed by atoms with van der Waals surface area (Å²) in [6, 6.07) is 6.93. The minimum absolute atomic E-state index is 0.402. The Kier molecular flexibility index (Phi) is 2.99. The van der Waals surface area contributed by atoms with Crippen molar-refractivity contribution in [2.45, 2.75) is 17.7 Å². The lowest BCUT2D eigenvalue weighted by Crippen LogP contribution is -2.23. The van der Waals surface area contributed by atoms with Crippen LogP contribution in [0.5, 0.6) is 5.75 Å². The lowest BCUT2D eigenvalue weighted by atomic mass is 10.1. The van der Waals surface area contributed by atoms with Gasteiger partial charge in [0.25, 0.3) is 0 Å². The molecule has 2 aromatic rings. The van der Waals surface area contributed by atoms with Crippen molar-refractivity contribution in [3.63, 3.8) is 0 Å². The Balaban J connectivity index is 1.72. The van der Waals surface area contributed by atoms with Gasteiger partial charge < -0.3 is 4.74 Å². The molecule has 104 valence electrons. The first kappa shape index (κ1) is 13.4. The monoisotopic (exact) mass is 311 g/mol. The summed E-state index contributed by atoms with van der Waals surface area (Å²) >= 11 is 11.9. The number of carbonyl (C=O) groups is 1. The molecule has 0 N–H and O–H groups in total. The first-order chi connectivity index (χ1) is 9.42. The van der Waals surface area contributed by atoms with Crippen LogP contribution in [0.15, 0.2) is 36.9 Å². The van der Waals surface area contributed by atoms with Gasteiger partial charge in [-0.25, -0.2) is 9.67 Å². The Morgan fingerprint density at radius 1 is 1.35 bits per heavy atom. The molecule has 1 aromatic heterocycles. The summed E-state index contributed by atoms with van der Waals surface area (Å²) in [7, 11) is 0. The Morgan fingerprint density at radius 2 is 2.00 bits per heavy atom. The molecule has 0 radical (unpaired) electrons. The van der Waals surface area contributed by atoms with E-state index in [4.69, 9.17) is 27.9 Å². The van der Waals surface area contributed by atoms with Gasteiger partial charge in [0.15, 0.2) is 0 Å². The summed E-state index contributed by atoms with van der Waals surface area (Å²) in [5.74, 6) is 0.0205. The predicted octanol–water partition coefficient (Wildman–Crippen LogP) is 2.76. The van der Waals surface area contributed by atoms with Crippen LogP contribution in [0, 0.1) is 5.41 Å². The fraction of sp³-hybridized carbons (Fsp3) is 0.308. The van der Waals surface area contributed by atoms with Crippen molar-refractivity contribution in [1.29, 1.82) is 0 Å². The molecule has 0 amide bonds. The van der Waals surface area contributed by atoms with Crippen molar-refractivity contribution in [2.75, 3.05) is 0 Å². The standard InChI is InChI=1S/C13H11Cl2N3O2/c1-12(6-13(12,14)15)11(19)20-10-4-2-9(3-5-10)18-8-16-7-17-18/h2-5,7-8H,6H2,1H3/t12-/m1/s1. The minimum Gasteiger partial charge on any atom is -0.426 e. The number of benzene rings is 1. The van der Waals surface area contributed by atoms with E-state index in [1.54, 1.807) is 42.2 Å². The molecule has 0 aliphatic heterocycles. The Morgan fingerprint density at radius 3 is 2.50 bits per heavy atom. The van der Waals surface area contributed by atoms with E-state index in [0.717, 1.165) is 5.69 Å². The largest absolute Gasteiger partial charge is 0.426 e. The average Bonchev–Trinajstić information content (AvgIpc) is 2.83. The highest BCUT2D eigenvalue weighted by Crippen LogP contribution is 2.64. The summed E-state index contributed by atoms with van der Waals surface area (Å²) < 4.78 is 5.88. The number of aromatic nitrogens is 3. The number of ether oxygens (including phenoxy) is 1. The van der Waals surface area contributed by atoms with Crippen LogP contribution < -0.4 is 4.74 Å². The fourth-order valence-electron chi connectivity index (χ4n) is 1.85. The van der Waals surface area contributed by atoms with E-state index in [1.807, 2.05) is 0 Å². The van der Waals surface area contributed by atoms with Gasteiger partial charge in [-0.15, -0.1) is 23.2 Å². The molecular formula is C13H11Cl2N3O2. The molecule has 0 saturated heterocycles. The number of carbonyl (C=O) groups excluding carboxylic acids is 1. The number of rotatable bonds is 3. The predicted molar refractivity (Wildman–Crippen MR) is 74.2 cm³/mol. The van der Waals surface area contributed by atoms with E-state index in [9.17, 15) is 4.79 Å². The smallest absolute Gasteiger partial charge is 0.320 e. The fourth-order valence-corrected chi connectivity index (χ4v) is 2.54. The number of halogens is 2. The molecule has 5 nitrogen and oxygen atoms in total. The number of hydrogen-bond donors (Lipinski definition) is 0. The van der Waals surface area contributed by atoms with E-state index in [1.165, 1.54) is 6.33 Å². The highest BCUT2D eigenvalue weighted by molar-refractivity contribution is 6.53. The van der Waals surface area contributed by atoms with Gasteiger partial charge in [0, 0.05) is 6.42 Å². The highest BCUT2D eigenvalue weighted by atomic mass is 35.5. The Bertz CT molecular complexity index is 640. The zero-order valence-corrected chi connectivity index (χ0v) is 12.1. The zero-order valence-electron chi connectivity index (χ0n) is 10.6. The van der Waals surface area contributed by atoms with E-state index < -0.39 is 15.7 Å². The second kappa shape index (κ2) is 4.46. The van der Waals surface area contributed by atoms with Crippen molar-refractivity contribution < 1.29 is 9.53 Å². The molecule has 1 aliphatic rings. The van der Waals surface area contributed by atoms with Crippen LogP contribution in [-0.4, -0.2) is 25.1 Å². The normalized spacial score (nSPS) is 23.4. The highest BCUT2D eigenvalue weighted by Gasteiger charge is 2.69. The van der Waals surface area contributed by atoms with Gasteiger partial charge in [-0.1, -0.05) is 0 Å². The van der Waals surface area contributed by atoms with E-state index in [0.29, 0.717) is 12.2 Å². The van der Waals surface area contributed by atoms with Crippen molar-refractivity contribution in [2.24, 2.45) is 5.41 Å². The summed E-state index contributed by atoms with van der Waals surface area (Å²) in [4.78, 5) is 15.9. The maximum atomic E-state index is 12.0. The number of nitrogens with zero attached hydrogens (tertiary/aromatic N) is 3. The zero-order chi connectivity index (χ0) is 14.4. The lowest BCUT2D eigenvalue weighted by molar-refractivity contribution is -0.139. The van der Waals surface area contributed by atoms with Gasteiger partial charge in [-0.2, -0.15) is 5.10 Å². The molecule has 0 bridgehead atoms. The molecule has 1 saturated carbocycles. The number of esters is 1. The first-order valence-corrected chi connectivity index (χ1v) is 6.73. The van der Waals surface area contributed by atoms with Gasteiger partial charge in [-0.3, -0.25) is 4.79 Å².